The molecule has 7 atom stereocenters. The van der Waals surface area contributed by atoms with Gasteiger partial charge in [0.25, 0.3) is 0 Å². The van der Waals surface area contributed by atoms with E-state index >= 15 is 0 Å². The van der Waals surface area contributed by atoms with Crippen molar-refractivity contribution >= 4 is 0 Å². The van der Waals surface area contributed by atoms with Crippen molar-refractivity contribution in [2.45, 2.75) is 133 Å². The Labute approximate surface area is 191 Å². The quantitative estimate of drug-likeness (QED) is 0.309. The monoisotopic (exact) mass is 416 g/mol. The number of hydrogen-bond acceptors (Lipinski definition) is 0. The number of unbranched alkanes of at least 4 members (excludes halogenated alkanes) is 1. The van der Waals surface area contributed by atoms with Crippen LogP contribution in [0.3, 0.4) is 0 Å². The Morgan fingerprint density at radius 2 is 1.70 bits per heavy atom. The van der Waals surface area contributed by atoms with Gasteiger partial charge in [0, 0.05) is 0 Å². The van der Waals surface area contributed by atoms with Crippen molar-refractivity contribution in [1.82, 2.24) is 0 Å². The average molecular weight is 417 g/mol. The first-order valence-corrected chi connectivity index (χ1v) is 13.5. The van der Waals surface area contributed by atoms with Crippen LogP contribution in [0.4, 0.5) is 0 Å². The highest BCUT2D eigenvalue weighted by Crippen LogP contribution is 2.67. The van der Waals surface area contributed by atoms with Gasteiger partial charge in [-0.25, -0.2) is 0 Å². The van der Waals surface area contributed by atoms with E-state index in [9.17, 15) is 0 Å². The van der Waals surface area contributed by atoms with E-state index in [1.165, 1.54) is 70.6 Å². The van der Waals surface area contributed by atoms with E-state index in [0.717, 1.165) is 35.5 Å². The summed E-state index contributed by atoms with van der Waals surface area (Å²) in [5.41, 5.74) is 3.10. The minimum atomic E-state index is 0. The summed E-state index contributed by atoms with van der Waals surface area (Å²) in [5, 5.41) is 0. The second kappa shape index (κ2) is 10.6. The minimum Gasteiger partial charge on any atom is -0.0845 e. The number of allylic oxidation sites excluding steroid dienone is 2. The fourth-order valence-electron chi connectivity index (χ4n) is 8.37. The molecule has 4 aliphatic rings. The topological polar surface area (TPSA) is 0 Å². The summed E-state index contributed by atoms with van der Waals surface area (Å²) in [6.07, 6.45) is 20.6. The molecule has 0 aliphatic heterocycles. The average Bonchev–Trinajstić information content (AvgIpc) is 3.03. The largest absolute Gasteiger partial charge is 0.0845 e. The van der Waals surface area contributed by atoms with E-state index < -0.39 is 0 Å². The molecular formula is C30H56. The summed E-state index contributed by atoms with van der Waals surface area (Å²) in [4.78, 5) is 0. The number of hydrogen-bond donors (Lipinski definition) is 0. The lowest BCUT2D eigenvalue weighted by Gasteiger charge is -2.58. The van der Waals surface area contributed by atoms with Gasteiger partial charge in [-0.05, 0) is 104 Å². The standard InChI is InChI=1S/C27H46.C2H6.CH4/c1-19(2)8-6-7-9-21-11-13-24-23-12-10-22-18-20(3)14-16-27(22,5)25(23)15-17-26(21,24)4;1-2;/h10,19-21,23-25H,6-9,11-18H2,1-5H3;1-2H3;1H4. The van der Waals surface area contributed by atoms with Gasteiger partial charge in [-0.1, -0.05) is 86.8 Å². The molecule has 0 amide bonds. The molecule has 0 nitrogen and oxygen atoms in total. The second-order valence-corrected chi connectivity index (χ2v) is 12.1. The van der Waals surface area contributed by atoms with Gasteiger partial charge in [-0.2, -0.15) is 0 Å². The molecule has 3 saturated carbocycles. The summed E-state index contributed by atoms with van der Waals surface area (Å²) >= 11 is 0. The Bertz CT molecular complexity index is 556. The van der Waals surface area contributed by atoms with E-state index in [1.54, 1.807) is 6.42 Å². The van der Waals surface area contributed by atoms with Crippen LogP contribution in [-0.4, -0.2) is 0 Å². The van der Waals surface area contributed by atoms with E-state index in [4.69, 9.17) is 0 Å². The van der Waals surface area contributed by atoms with Crippen molar-refractivity contribution in [2.24, 2.45) is 46.3 Å². The first-order chi connectivity index (χ1) is 13.8. The third-order valence-electron chi connectivity index (χ3n) is 10.1. The zero-order valence-corrected chi connectivity index (χ0v) is 21.0. The fraction of sp³-hybridized carbons (Fsp3) is 0.933. The first kappa shape index (κ1) is 26.0. The molecule has 30 heavy (non-hydrogen) atoms. The molecule has 0 aromatic rings. The van der Waals surface area contributed by atoms with Crippen molar-refractivity contribution in [2.75, 3.05) is 0 Å². The molecular weight excluding hydrogens is 360 g/mol. The van der Waals surface area contributed by atoms with Crippen LogP contribution in [-0.2, 0) is 0 Å². The molecule has 0 heterocycles. The molecule has 3 fully saturated rings. The highest BCUT2D eigenvalue weighted by Gasteiger charge is 2.58. The summed E-state index contributed by atoms with van der Waals surface area (Å²) in [5.74, 6) is 5.88. The first-order valence-electron chi connectivity index (χ1n) is 13.5. The Balaban J connectivity index is 0.00000104. The molecule has 0 N–H and O–H groups in total. The van der Waals surface area contributed by atoms with Crippen LogP contribution in [0.2, 0.25) is 0 Å². The van der Waals surface area contributed by atoms with Crippen molar-refractivity contribution in [1.29, 1.82) is 0 Å². The fourth-order valence-corrected chi connectivity index (χ4v) is 8.37. The lowest BCUT2D eigenvalue weighted by Crippen LogP contribution is -2.49. The van der Waals surface area contributed by atoms with Crippen molar-refractivity contribution in [3.05, 3.63) is 11.6 Å². The maximum atomic E-state index is 2.75. The Kier molecular flexibility index (Phi) is 9.16. The highest BCUT2D eigenvalue weighted by molar-refractivity contribution is 5.24. The van der Waals surface area contributed by atoms with Gasteiger partial charge in [0.1, 0.15) is 0 Å². The lowest BCUT2D eigenvalue weighted by molar-refractivity contribution is -0.0450. The molecule has 4 aliphatic carbocycles. The molecule has 0 bridgehead atoms. The van der Waals surface area contributed by atoms with Gasteiger partial charge >= 0.3 is 0 Å². The molecule has 0 aromatic heterocycles. The van der Waals surface area contributed by atoms with Crippen LogP contribution in [0.5, 0.6) is 0 Å². The van der Waals surface area contributed by atoms with Crippen LogP contribution in [0.15, 0.2) is 11.6 Å². The van der Waals surface area contributed by atoms with Gasteiger partial charge in [-0.15, -0.1) is 0 Å². The molecule has 7 unspecified atom stereocenters. The molecule has 4 rings (SSSR count). The maximum absolute atomic E-state index is 2.75. The van der Waals surface area contributed by atoms with Crippen LogP contribution in [0, 0.1) is 46.3 Å². The van der Waals surface area contributed by atoms with Crippen LogP contribution in [0.25, 0.3) is 0 Å². The maximum Gasteiger partial charge on any atom is -0.00851 e. The molecule has 0 spiro atoms. The Morgan fingerprint density at radius 3 is 2.40 bits per heavy atom. The summed E-state index contributed by atoms with van der Waals surface area (Å²) < 4.78 is 0. The van der Waals surface area contributed by atoms with Gasteiger partial charge < -0.3 is 0 Å². The SMILES string of the molecule is C.CC.CC(C)CCCCC1CCC2C3CC=C4CC(C)CCC4(C)C3CCC12C. The van der Waals surface area contributed by atoms with Crippen LogP contribution >= 0.6 is 0 Å². The highest BCUT2D eigenvalue weighted by atomic mass is 14.6. The zero-order valence-electron chi connectivity index (χ0n) is 21.0. The van der Waals surface area contributed by atoms with E-state index in [1.807, 2.05) is 19.4 Å². The third-order valence-corrected chi connectivity index (χ3v) is 10.1. The third kappa shape index (κ3) is 4.73. The lowest BCUT2D eigenvalue weighted by atomic mass is 9.47. The Hall–Kier alpha value is -0.260. The van der Waals surface area contributed by atoms with Crippen molar-refractivity contribution in [3.63, 3.8) is 0 Å². The zero-order chi connectivity index (χ0) is 21.2. The van der Waals surface area contributed by atoms with Crippen molar-refractivity contribution in [3.8, 4) is 0 Å². The van der Waals surface area contributed by atoms with Gasteiger partial charge in [0.05, 0.1) is 0 Å². The molecule has 0 radical (unpaired) electrons. The normalized spacial score (nSPS) is 42.1. The van der Waals surface area contributed by atoms with E-state index in [0.29, 0.717) is 10.8 Å². The summed E-state index contributed by atoms with van der Waals surface area (Å²) in [6, 6.07) is 0. The van der Waals surface area contributed by atoms with Gasteiger partial charge in [0.2, 0.25) is 0 Å². The minimum absolute atomic E-state index is 0. The van der Waals surface area contributed by atoms with Crippen LogP contribution < -0.4 is 0 Å². The molecule has 176 valence electrons. The molecule has 0 aromatic carbocycles. The number of fused-ring (bicyclic) bond motifs is 5. The predicted octanol–water partition coefficient (Wildman–Crippen LogP) is 10.1. The number of rotatable bonds is 5. The van der Waals surface area contributed by atoms with Crippen molar-refractivity contribution < 1.29 is 0 Å². The second-order valence-electron chi connectivity index (χ2n) is 12.1. The van der Waals surface area contributed by atoms with Crippen LogP contribution in [0.1, 0.15) is 133 Å². The van der Waals surface area contributed by atoms with E-state index in [2.05, 4.69) is 40.7 Å². The van der Waals surface area contributed by atoms with Gasteiger partial charge in [0.15, 0.2) is 0 Å². The summed E-state index contributed by atoms with van der Waals surface area (Å²) in [7, 11) is 0. The predicted molar refractivity (Wildman–Crippen MR) is 136 cm³/mol. The van der Waals surface area contributed by atoms with Gasteiger partial charge in [-0.3, -0.25) is 0 Å². The Morgan fingerprint density at radius 1 is 0.967 bits per heavy atom. The molecule has 0 heteroatoms. The van der Waals surface area contributed by atoms with E-state index in [-0.39, 0.29) is 7.43 Å². The molecule has 0 saturated heterocycles. The summed E-state index contributed by atoms with van der Waals surface area (Å²) in [6.45, 7) is 16.6. The smallest absolute Gasteiger partial charge is 0.00851 e.